The van der Waals surface area contributed by atoms with Gasteiger partial charge in [-0.25, -0.2) is 14.3 Å². The van der Waals surface area contributed by atoms with Crippen molar-refractivity contribution in [2.24, 2.45) is 0 Å². The fourth-order valence-corrected chi connectivity index (χ4v) is 3.70. The van der Waals surface area contributed by atoms with E-state index in [0.717, 1.165) is 5.56 Å². The van der Waals surface area contributed by atoms with Crippen molar-refractivity contribution in [2.45, 2.75) is 6.92 Å². The maximum absolute atomic E-state index is 12.9. The molecule has 4 aromatic rings. The second kappa shape index (κ2) is 7.32. The van der Waals surface area contributed by atoms with Crippen molar-refractivity contribution >= 4 is 17.0 Å². The first-order valence-electron chi connectivity index (χ1n) is 8.52. The molecule has 10 heteroatoms. The van der Waals surface area contributed by atoms with E-state index >= 15 is 0 Å². The molecule has 0 aliphatic heterocycles. The third kappa shape index (κ3) is 3.41. The lowest BCUT2D eigenvalue weighted by molar-refractivity contribution is -0.384. The minimum absolute atomic E-state index is 0.0111. The van der Waals surface area contributed by atoms with Gasteiger partial charge in [0.15, 0.2) is 5.13 Å². The number of thiazole rings is 1. The van der Waals surface area contributed by atoms with Crippen LogP contribution in [-0.4, -0.2) is 31.4 Å². The molecule has 0 bridgehead atoms. The predicted molar refractivity (Wildman–Crippen MR) is 108 cm³/mol. The lowest BCUT2D eigenvalue weighted by atomic mass is 10.1. The van der Waals surface area contributed by atoms with Gasteiger partial charge in [0.25, 0.3) is 5.69 Å². The average molecular weight is 409 g/mol. The average Bonchev–Trinajstić information content (AvgIpc) is 3.32. The largest absolute Gasteiger partial charge is 0.497 e. The summed E-state index contributed by atoms with van der Waals surface area (Å²) in [7, 11) is 1.57. The van der Waals surface area contributed by atoms with Crippen LogP contribution < -0.4 is 10.4 Å². The van der Waals surface area contributed by atoms with Crippen LogP contribution in [0.3, 0.4) is 0 Å². The maximum atomic E-state index is 12.9. The molecule has 0 amide bonds. The molecule has 2 aromatic carbocycles. The van der Waals surface area contributed by atoms with Gasteiger partial charge in [0.2, 0.25) is 0 Å². The Morgan fingerprint density at radius 3 is 2.41 bits per heavy atom. The molecule has 4 rings (SSSR count). The number of hydrogen-bond acceptors (Lipinski definition) is 7. The maximum Gasteiger partial charge on any atom is 0.357 e. The number of rotatable bonds is 5. The number of hydrogen-bond donors (Lipinski definition) is 0. The number of methoxy groups -OCH3 is 1. The van der Waals surface area contributed by atoms with Gasteiger partial charge >= 0.3 is 5.69 Å². The van der Waals surface area contributed by atoms with Crippen LogP contribution in [0.5, 0.6) is 5.75 Å². The second-order valence-corrected chi connectivity index (χ2v) is 6.93. The summed E-state index contributed by atoms with van der Waals surface area (Å²) in [6.07, 6.45) is 0. The van der Waals surface area contributed by atoms with Crippen molar-refractivity contribution in [3.8, 4) is 27.8 Å². The zero-order valence-corrected chi connectivity index (χ0v) is 16.3. The number of nitro benzene ring substituents is 1. The highest BCUT2D eigenvalue weighted by atomic mass is 32.1. The number of ether oxygens (including phenoxy) is 1. The molecule has 0 aliphatic rings. The minimum atomic E-state index is -0.452. The fraction of sp³-hybridized carbons (Fsp3) is 0.105. The van der Waals surface area contributed by atoms with E-state index in [0.29, 0.717) is 28.1 Å². The van der Waals surface area contributed by atoms with E-state index in [1.807, 2.05) is 0 Å². The van der Waals surface area contributed by atoms with E-state index < -0.39 is 4.92 Å². The van der Waals surface area contributed by atoms with Gasteiger partial charge in [-0.1, -0.05) is 0 Å². The number of benzene rings is 2. The van der Waals surface area contributed by atoms with Gasteiger partial charge < -0.3 is 4.74 Å². The number of nitrogens with zero attached hydrogens (tertiary/aromatic N) is 5. The zero-order valence-electron chi connectivity index (χ0n) is 15.5. The van der Waals surface area contributed by atoms with Gasteiger partial charge in [-0.3, -0.25) is 10.1 Å². The lowest BCUT2D eigenvalue weighted by Crippen LogP contribution is -2.22. The normalized spacial score (nSPS) is 10.8. The number of aromatic nitrogens is 4. The molecule has 0 saturated carbocycles. The Balaban J connectivity index is 1.70. The van der Waals surface area contributed by atoms with E-state index in [2.05, 4.69) is 10.1 Å². The number of aryl methyl sites for hydroxylation is 1. The molecule has 0 fully saturated rings. The molecule has 0 atom stereocenters. The molecular weight excluding hydrogens is 394 g/mol. The first-order chi connectivity index (χ1) is 14.0. The van der Waals surface area contributed by atoms with Gasteiger partial charge in [0.1, 0.15) is 11.6 Å². The molecule has 0 radical (unpaired) electrons. The van der Waals surface area contributed by atoms with Gasteiger partial charge in [-0.15, -0.1) is 16.4 Å². The third-order valence-electron chi connectivity index (χ3n) is 4.32. The Morgan fingerprint density at radius 2 is 1.79 bits per heavy atom. The van der Waals surface area contributed by atoms with Crippen molar-refractivity contribution in [2.75, 3.05) is 7.11 Å². The monoisotopic (exact) mass is 409 g/mol. The SMILES string of the molecule is COc1ccc(-n2nc(C)n(-c3nc(-c4ccc([N+](=O)[O-])cc4)cs3)c2=O)cc1. The first kappa shape index (κ1) is 18.6. The summed E-state index contributed by atoms with van der Waals surface area (Å²) in [5.74, 6) is 1.18. The van der Waals surface area contributed by atoms with E-state index in [9.17, 15) is 14.9 Å². The van der Waals surface area contributed by atoms with Gasteiger partial charge in [-0.05, 0) is 43.3 Å². The summed E-state index contributed by atoms with van der Waals surface area (Å²) in [6.45, 7) is 1.73. The number of non-ortho nitro benzene ring substituents is 1. The highest BCUT2D eigenvalue weighted by Crippen LogP contribution is 2.26. The molecule has 0 spiro atoms. The van der Waals surface area contributed by atoms with Crippen molar-refractivity contribution in [3.63, 3.8) is 0 Å². The summed E-state index contributed by atoms with van der Waals surface area (Å²) < 4.78 is 7.88. The van der Waals surface area contributed by atoms with Crippen LogP contribution in [0.2, 0.25) is 0 Å². The van der Waals surface area contributed by atoms with Gasteiger partial charge in [0.05, 0.1) is 23.4 Å². The minimum Gasteiger partial charge on any atom is -0.497 e. The Kier molecular flexibility index (Phi) is 4.69. The van der Waals surface area contributed by atoms with Crippen LogP contribution in [-0.2, 0) is 0 Å². The summed E-state index contributed by atoms with van der Waals surface area (Å²) >= 11 is 1.30. The summed E-state index contributed by atoms with van der Waals surface area (Å²) in [5.41, 5.74) is 1.65. The smallest absolute Gasteiger partial charge is 0.357 e. The van der Waals surface area contributed by atoms with E-state index in [4.69, 9.17) is 4.74 Å². The molecule has 0 saturated heterocycles. The fourth-order valence-electron chi connectivity index (χ4n) is 2.83. The summed E-state index contributed by atoms with van der Waals surface area (Å²) in [5, 5.41) is 17.4. The van der Waals surface area contributed by atoms with Crippen molar-refractivity contribution < 1.29 is 9.66 Å². The van der Waals surface area contributed by atoms with Crippen molar-refractivity contribution in [1.82, 2.24) is 19.3 Å². The summed E-state index contributed by atoms with van der Waals surface area (Å²) in [4.78, 5) is 27.8. The molecule has 2 aromatic heterocycles. The van der Waals surface area contributed by atoms with Crippen LogP contribution >= 0.6 is 11.3 Å². The number of nitro groups is 1. The molecule has 2 heterocycles. The highest BCUT2D eigenvalue weighted by molar-refractivity contribution is 7.12. The second-order valence-electron chi connectivity index (χ2n) is 6.09. The Labute approximate surface area is 168 Å². The predicted octanol–water partition coefficient (Wildman–Crippen LogP) is 3.37. The van der Waals surface area contributed by atoms with E-state index in [-0.39, 0.29) is 11.4 Å². The molecule has 0 aliphatic carbocycles. The van der Waals surface area contributed by atoms with Crippen LogP contribution in [0, 0.1) is 17.0 Å². The molecule has 29 heavy (non-hydrogen) atoms. The highest BCUT2D eigenvalue weighted by Gasteiger charge is 2.17. The lowest BCUT2D eigenvalue weighted by Gasteiger charge is -2.01. The van der Waals surface area contributed by atoms with Crippen molar-refractivity contribution in [3.05, 3.63) is 80.3 Å². The standard InChI is InChI=1S/C19H15N5O4S/c1-12-21-23(14-7-9-16(28-2)10-8-14)19(25)22(12)18-20-17(11-29-18)13-3-5-15(6-4-13)24(26)27/h3-11H,1-2H3. The quantitative estimate of drug-likeness (QED) is 0.370. The molecule has 146 valence electrons. The third-order valence-corrected chi connectivity index (χ3v) is 5.14. The molecular formula is C19H15N5O4S. The molecule has 0 unspecified atom stereocenters. The van der Waals surface area contributed by atoms with Crippen LogP contribution in [0.25, 0.3) is 22.1 Å². The van der Waals surface area contributed by atoms with Crippen LogP contribution in [0.15, 0.2) is 58.7 Å². The van der Waals surface area contributed by atoms with Crippen LogP contribution in [0.1, 0.15) is 5.82 Å². The van der Waals surface area contributed by atoms with Crippen LogP contribution in [0.4, 0.5) is 5.69 Å². The Hall–Kier alpha value is -3.79. The first-order valence-corrected chi connectivity index (χ1v) is 9.39. The molecule has 9 nitrogen and oxygen atoms in total. The summed E-state index contributed by atoms with van der Waals surface area (Å²) in [6, 6.07) is 13.1. The Morgan fingerprint density at radius 1 is 1.10 bits per heavy atom. The Bertz CT molecular complexity index is 1240. The van der Waals surface area contributed by atoms with E-state index in [1.54, 1.807) is 55.8 Å². The molecule has 0 N–H and O–H groups in total. The topological polar surface area (TPSA) is 105 Å². The van der Waals surface area contributed by atoms with Gasteiger partial charge in [0, 0.05) is 23.1 Å². The van der Waals surface area contributed by atoms with Gasteiger partial charge in [-0.2, -0.15) is 4.68 Å². The van der Waals surface area contributed by atoms with E-state index in [1.165, 1.54) is 32.7 Å². The zero-order chi connectivity index (χ0) is 20.5. The van der Waals surface area contributed by atoms with Crippen molar-refractivity contribution in [1.29, 1.82) is 0 Å².